The highest BCUT2D eigenvalue weighted by atomic mass is 32.3. The van der Waals surface area contributed by atoms with Crippen LogP contribution in [0.3, 0.4) is 0 Å². The topological polar surface area (TPSA) is 57.5 Å². The minimum atomic E-state index is -5.81. The van der Waals surface area contributed by atoms with Crippen molar-refractivity contribution >= 4 is 9.63 Å². The fourth-order valence-electron chi connectivity index (χ4n) is 0.556. The molecule has 8 heteroatoms. The Morgan fingerprint density at radius 1 is 1.25 bits per heavy atom. The summed E-state index contributed by atoms with van der Waals surface area (Å²) in [4.78, 5) is 0. The molecule has 0 aromatic carbocycles. The van der Waals surface area contributed by atoms with E-state index in [1.54, 1.807) is 0 Å². The molecule has 0 atom stereocenters. The largest absolute Gasteiger partial charge is 0.402 e. The van der Waals surface area contributed by atoms with Crippen molar-refractivity contribution in [3.8, 4) is 0 Å². The van der Waals surface area contributed by atoms with Crippen LogP contribution in [0.2, 0.25) is 0 Å². The van der Waals surface area contributed by atoms with Crippen LogP contribution in [0, 0.1) is 0 Å². The molecule has 0 fully saturated rings. The molecule has 0 aliphatic heterocycles. The molecule has 0 aliphatic carbocycles. The van der Waals surface area contributed by atoms with Crippen LogP contribution in [0.25, 0.3) is 0 Å². The maximum Gasteiger partial charge on any atom is 0.402 e. The summed E-state index contributed by atoms with van der Waals surface area (Å²) < 4.78 is 73.4. The highest BCUT2D eigenvalue weighted by Crippen LogP contribution is 2.27. The van der Waals surface area contributed by atoms with E-state index in [9.17, 15) is 21.8 Å². The Labute approximate surface area is 65.8 Å². The molecule has 0 unspecified atom stereocenters. The fraction of sp³-hybridized carbons (Fsp3) is 1.00. The first-order valence-electron chi connectivity index (χ1n) is 2.80. The van der Waals surface area contributed by atoms with Crippen molar-refractivity contribution in [1.29, 1.82) is 0 Å². The monoisotopic (exact) mass is 212 g/mol. The van der Waals surface area contributed by atoms with Gasteiger partial charge in [0.15, 0.2) is 0 Å². The lowest BCUT2D eigenvalue weighted by Gasteiger charge is -2.29. The molecule has 0 radical (unpaired) electrons. The lowest BCUT2D eigenvalue weighted by atomic mass is 10.8. The van der Waals surface area contributed by atoms with Crippen molar-refractivity contribution in [2.45, 2.75) is 6.18 Å². The maximum atomic E-state index is 11.5. The van der Waals surface area contributed by atoms with E-state index in [1.807, 2.05) is 0 Å². The van der Waals surface area contributed by atoms with E-state index < -0.39 is 34.0 Å². The van der Waals surface area contributed by atoms with Gasteiger partial charge in [-0.25, -0.2) is 8.60 Å². The SMILES string of the molecule is O=S(O)(O)(CCF)CC(F)(F)F. The second-order valence-electron chi connectivity index (χ2n) is 2.34. The molecule has 2 N–H and O–H groups in total. The molecule has 3 nitrogen and oxygen atoms in total. The van der Waals surface area contributed by atoms with Crippen LogP contribution >= 0.6 is 0 Å². The molecule has 0 saturated carbocycles. The van der Waals surface area contributed by atoms with Gasteiger partial charge in [0.1, 0.15) is 12.4 Å². The molecule has 0 aromatic rings. The van der Waals surface area contributed by atoms with Gasteiger partial charge < -0.3 is 9.11 Å². The zero-order chi connectivity index (χ0) is 10.1. The van der Waals surface area contributed by atoms with Crippen molar-refractivity contribution in [3.05, 3.63) is 0 Å². The van der Waals surface area contributed by atoms with E-state index in [2.05, 4.69) is 0 Å². The standard InChI is InChI=1S/C4H8F4O3S/c5-1-2-12(9,10,11)3-4(6,7)8/h1-3H2,(H2,9,10,11). The van der Waals surface area contributed by atoms with Crippen LogP contribution in [0.5, 0.6) is 0 Å². The molecule has 0 bridgehead atoms. The Balaban J connectivity index is 4.50. The van der Waals surface area contributed by atoms with Gasteiger partial charge in [-0.1, -0.05) is 0 Å². The fourth-order valence-corrected chi connectivity index (χ4v) is 1.67. The molecular formula is C4H8F4O3S. The van der Waals surface area contributed by atoms with Gasteiger partial charge in [0, 0.05) is 0 Å². The molecule has 0 aromatic heterocycles. The van der Waals surface area contributed by atoms with Gasteiger partial charge in [-0.15, -0.1) is 0 Å². The molecule has 0 heterocycles. The number of hydrogen-bond donors (Lipinski definition) is 2. The molecule has 12 heavy (non-hydrogen) atoms. The zero-order valence-electron chi connectivity index (χ0n) is 5.84. The average molecular weight is 212 g/mol. The number of rotatable bonds is 3. The van der Waals surface area contributed by atoms with E-state index in [4.69, 9.17) is 9.11 Å². The summed E-state index contributed by atoms with van der Waals surface area (Å²) in [5, 5.41) is 0. The average Bonchev–Trinajstić information content (AvgIpc) is 1.51. The van der Waals surface area contributed by atoms with Gasteiger partial charge >= 0.3 is 6.18 Å². The summed E-state index contributed by atoms with van der Waals surface area (Å²) in [6.45, 7) is -1.48. The molecule has 0 aliphatic rings. The van der Waals surface area contributed by atoms with Gasteiger partial charge in [-0.05, 0) is 0 Å². The van der Waals surface area contributed by atoms with Gasteiger partial charge in [0.2, 0.25) is 0 Å². The number of alkyl halides is 4. The second-order valence-corrected chi connectivity index (χ2v) is 5.41. The Kier molecular flexibility index (Phi) is 2.88. The first-order valence-corrected chi connectivity index (χ1v) is 5.02. The molecule has 0 spiro atoms. The van der Waals surface area contributed by atoms with Gasteiger partial charge in [0.05, 0.1) is 15.4 Å². The van der Waals surface area contributed by atoms with Crippen LogP contribution in [0.15, 0.2) is 0 Å². The maximum absolute atomic E-state index is 11.5. The van der Waals surface area contributed by atoms with Crippen LogP contribution < -0.4 is 0 Å². The lowest BCUT2D eigenvalue weighted by Crippen LogP contribution is -2.45. The van der Waals surface area contributed by atoms with Crippen molar-refractivity contribution in [2.24, 2.45) is 0 Å². The van der Waals surface area contributed by atoms with Gasteiger partial charge in [-0.2, -0.15) is 13.2 Å². The summed E-state index contributed by atoms with van der Waals surface area (Å²) in [6.07, 6.45) is -4.98. The first-order chi connectivity index (χ1) is 5.03. The third-order valence-corrected chi connectivity index (χ3v) is 2.82. The minimum Gasteiger partial charge on any atom is -0.307 e. The molecular weight excluding hydrogens is 204 g/mol. The van der Waals surface area contributed by atoms with E-state index in [1.165, 1.54) is 0 Å². The van der Waals surface area contributed by atoms with Crippen LogP contribution in [-0.4, -0.2) is 37.7 Å². The summed E-state index contributed by atoms with van der Waals surface area (Å²) >= 11 is 0. The Morgan fingerprint density at radius 3 is 1.92 bits per heavy atom. The lowest BCUT2D eigenvalue weighted by molar-refractivity contribution is -0.108. The minimum absolute atomic E-state index is 1.41. The van der Waals surface area contributed by atoms with Crippen molar-refractivity contribution < 1.29 is 30.9 Å². The Bertz CT molecular complexity index is 217. The molecule has 0 saturated heterocycles. The smallest absolute Gasteiger partial charge is 0.307 e. The quantitative estimate of drug-likeness (QED) is 0.693. The predicted octanol–water partition coefficient (Wildman–Crippen LogP) is 1.28. The normalized spacial score (nSPS) is 17.0. The van der Waals surface area contributed by atoms with E-state index in [0.29, 0.717) is 0 Å². The summed E-state index contributed by atoms with van der Waals surface area (Å²) in [7, 11) is -5.81. The zero-order valence-corrected chi connectivity index (χ0v) is 6.66. The summed E-state index contributed by atoms with van der Waals surface area (Å²) in [5.74, 6) is -3.69. The second kappa shape index (κ2) is 2.93. The predicted molar refractivity (Wildman–Crippen MR) is 35.2 cm³/mol. The van der Waals surface area contributed by atoms with E-state index in [0.717, 1.165) is 0 Å². The molecule has 0 amide bonds. The number of halogens is 4. The van der Waals surface area contributed by atoms with E-state index >= 15 is 0 Å². The van der Waals surface area contributed by atoms with Crippen molar-refractivity contribution in [3.63, 3.8) is 0 Å². The van der Waals surface area contributed by atoms with Crippen LogP contribution in [0.1, 0.15) is 0 Å². The van der Waals surface area contributed by atoms with Gasteiger partial charge in [0.25, 0.3) is 0 Å². The first kappa shape index (κ1) is 11.8. The Morgan fingerprint density at radius 2 is 1.67 bits per heavy atom. The van der Waals surface area contributed by atoms with Crippen molar-refractivity contribution in [1.82, 2.24) is 0 Å². The third-order valence-electron chi connectivity index (χ3n) is 0.941. The Hall–Kier alpha value is -0.210. The summed E-state index contributed by atoms with van der Waals surface area (Å²) in [5.41, 5.74) is 0. The highest BCUT2D eigenvalue weighted by Gasteiger charge is 2.44. The van der Waals surface area contributed by atoms with Crippen LogP contribution in [-0.2, 0) is 9.63 Å². The van der Waals surface area contributed by atoms with E-state index in [-0.39, 0.29) is 0 Å². The number of hydrogen-bond acceptors (Lipinski definition) is 1. The van der Waals surface area contributed by atoms with Crippen molar-refractivity contribution in [2.75, 3.05) is 18.2 Å². The van der Waals surface area contributed by atoms with Gasteiger partial charge in [-0.3, -0.25) is 0 Å². The molecule has 76 valence electrons. The highest BCUT2D eigenvalue weighted by molar-refractivity contribution is 8.10. The molecule has 0 rings (SSSR count). The van der Waals surface area contributed by atoms with Crippen LogP contribution in [0.4, 0.5) is 17.6 Å². The third kappa shape index (κ3) is 5.44. The summed E-state index contributed by atoms with van der Waals surface area (Å²) in [6, 6.07) is 0.